The van der Waals surface area contributed by atoms with Gasteiger partial charge in [0.25, 0.3) is 0 Å². The molecule has 1 aliphatic heterocycles. The molecule has 1 unspecified atom stereocenters. The first-order valence-corrected chi connectivity index (χ1v) is 8.83. The van der Waals surface area contributed by atoms with E-state index < -0.39 is 24.2 Å². The lowest BCUT2D eigenvalue weighted by Crippen LogP contribution is -2.42. The quantitative estimate of drug-likeness (QED) is 0.337. The predicted octanol–water partition coefficient (Wildman–Crippen LogP) is 2.47. The van der Waals surface area contributed by atoms with Crippen molar-refractivity contribution in [3.8, 4) is 0 Å². The van der Waals surface area contributed by atoms with Crippen molar-refractivity contribution in [3.63, 3.8) is 0 Å². The van der Waals surface area contributed by atoms with E-state index in [0.29, 0.717) is 22.5 Å². The Morgan fingerprint density at radius 1 is 1.21 bits per heavy atom. The van der Waals surface area contributed by atoms with Crippen LogP contribution in [0.4, 0.5) is 24.5 Å². The van der Waals surface area contributed by atoms with Gasteiger partial charge in [0, 0.05) is 29.9 Å². The van der Waals surface area contributed by atoms with Crippen LogP contribution in [0.15, 0.2) is 42.5 Å². The van der Waals surface area contributed by atoms with Crippen molar-refractivity contribution in [2.45, 2.75) is 25.2 Å². The second kappa shape index (κ2) is 7.70. The minimum absolute atomic E-state index is 0.0549. The van der Waals surface area contributed by atoms with Crippen molar-refractivity contribution < 1.29 is 27.5 Å². The summed E-state index contributed by atoms with van der Waals surface area (Å²) < 4.78 is 41.6. The van der Waals surface area contributed by atoms with E-state index in [9.17, 15) is 22.8 Å². The molecule has 1 heterocycles. The molecule has 0 saturated heterocycles. The molecule has 0 fully saturated rings. The maximum Gasteiger partial charge on any atom is 0.491 e. The predicted molar refractivity (Wildman–Crippen MR) is 104 cm³/mol. The number of benzene rings is 2. The van der Waals surface area contributed by atoms with Crippen LogP contribution in [0.2, 0.25) is 0 Å². The average molecular weight is 423 g/mol. The number of hydrogen-bond donors (Lipinski definition) is 2. The van der Waals surface area contributed by atoms with Gasteiger partial charge in [-0.3, -0.25) is 0 Å². The molecule has 4 N–H and O–H groups in total. The fourth-order valence-electron chi connectivity index (χ4n) is 3.18. The highest BCUT2D eigenvalue weighted by atomic mass is 32.1. The zero-order valence-corrected chi connectivity index (χ0v) is 15.7. The molecule has 0 aromatic heterocycles. The Kier molecular flexibility index (Phi) is 5.47. The van der Waals surface area contributed by atoms with Crippen LogP contribution in [-0.4, -0.2) is 29.1 Å². The zero-order chi connectivity index (χ0) is 21.3. The first-order chi connectivity index (χ1) is 13.6. The number of thiocarbonyl (C=S) groups is 1. The van der Waals surface area contributed by atoms with Crippen molar-refractivity contribution in [2.24, 2.45) is 5.73 Å². The van der Waals surface area contributed by atoms with Crippen molar-refractivity contribution in [2.75, 3.05) is 10.6 Å². The zero-order valence-electron chi connectivity index (χ0n) is 14.9. The van der Waals surface area contributed by atoms with Gasteiger partial charge in [-0.2, -0.15) is 13.2 Å². The summed E-state index contributed by atoms with van der Waals surface area (Å²) in [5.74, 6) is -3.83. The summed E-state index contributed by atoms with van der Waals surface area (Å²) in [4.78, 5) is 25.2. The van der Waals surface area contributed by atoms with E-state index in [4.69, 9.17) is 23.7 Å². The van der Waals surface area contributed by atoms with E-state index in [0.717, 1.165) is 5.56 Å². The van der Waals surface area contributed by atoms with Gasteiger partial charge in [-0.25, -0.2) is 9.59 Å². The number of halogens is 3. The number of esters is 2. The number of rotatable bonds is 4. The second-order valence-electron chi connectivity index (χ2n) is 6.51. The molecule has 0 spiro atoms. The van der Waals surface area contributed by atoms with Gasteiger partial charge < -0.3 is 21.1 Å². The molecule has 0 radical (unpaired) electrons. The minimum atomic E-state index is -5.26. The minimum Gasteiger partial charge on any atom is -0.399 e. The highest BCUT2D eigenvalue weighted by Crippen LogP contribution is 2.35. The molecule has 10 heteroatoms. The Balaban J connectivity index is 1.91. The number of alkyl halides is 3. The van der Waals surface area contributed by atoms with Crippen molar-refractivity contribution in [1.29, 1.82) is 0 Å². The summed E-state index contributed by atoms with van der Waals surface area (Å²) in [6.07, 6.45) is -5.21. The van der Waals surface area contributed by atoms with Crippen LogP contribution in [0.1, 0.15) is 16.7 Å². The Morgan fingerprint density at radius 2 is 1.93 bits per heavy atom. The van der Waals surface area contributed by atoms with Gasteiger partial charge >= 0.3 is 18.1 Å². The third kappa shape index (κ3) is 4.48. The topological polar surface area (TPSA) is 98.7 Å². The molecular formula is C19H16F3N3O3S. The number of hydrogen-bond acceptors (Lipinski definition) is 6. The first-order valence-electron chi connectivity index (χ1n) is 8.43. The third-order valence-electron chi connectivity index (χ3n) is 4.46. The molecule has 2 aromatic rings. The van der Waals surface area contributed by atoms with Gasteiger partial charge in [-0.05, 0) is 35.4 Å². The molecule has 1 atom stereocenters. The van der Waals surface area contributed by atoms with Crippen LogP contribution >= 0.6 is 12.2 Å². The number of nitrogens with two attached hydrogens (primary N) is 2. The molecule has 6 nitrogen and oxygen atoms in total. The van der Waals surface area contributed by atoms with Crippen LogP contribution in [0.5, 0.6) is 0 Å². The first kappa shape index (κ1) is 20.6. The molecule has 0 aliphatic carbocycles. The lowest BCUT2D eigenvalue weighted by molar-refractivity contribution is -0.202. The van der Waals surface area contributed by atoms with Crippen LogP contribution in [-0.2, 0) is 27.3 Å². The Labute approximate surface area is 169 Å². The van der Waals surface area contributed by atoms with Gasteiger partial charge in [-0.15, -0.1) is 0 Å². The molecule has 152 valence electrons. The van der Waals surface area contributed by atoms with E-state index in [1.807, 2.05) is 0 Å². The summed E-state index contributed by atoms with van der Waals surface area (Å²) >= 11 is 4.96. The van der Waals surface area contributed by atoms with E-state index >= 15 is 0 Å². The maximum atomic E-state index is 12.5. The molecule has 0 bridgehead atoms. The number of carbonyl (C=O) groups is 2. The Morgan fingerprint density at radius 3 is 2.59 bits per heavy atom. The molecular weight excluding hydrogens is 407 g/mol. The van der Waals surface area contributed by atoms with Crippen LogP contribution < -0.4 is 16.4 Å². The number of fused-ring (bicyclic) bond motifs is 1. The SMILES string of the molecule is NC(=S)c1cccc(CN2c3ccc(N)cc3CC2C(=O)OC(=O)C(F)(F)F)c1. The van der Waals surface area contributed by atoms with E-state index in [1.54, 1.807) is 47.4 Å². The summed E-state index contributed by atoms with van der Waals surface area (Å²) in [5.41, 5.74) is 14.5. The van der Waals surface area contributed by atoms with Gasteiger partial charge in [0.2, 0.25) is 0 Å². The van der Waals surface area contributed by atoms with Gasteiger partial charge in [-0.1, -0.05) is 30.4 Å². The van der Waals surface area contributed by atoms with E-state index in [-0.39, 0.29) is 18.0 Å². The lowest BCUT2D eigenvalue weighted by atomic mass is 10.1. The summed E-state index contributed by atoms with van der Waals surface area (Å²) in [7, 11) is 0. The highest BCUT2D eigenvalue weighted by molar-refractivity contribution is 7.80. The van der Waals surface area contributed by atoms with Crippen LogP contribution in [0, 0.1) is 0 Å². The van der Waals surface area contributed by atoms with Gasteiger partial charge in [0.05, 0.1) is 0 Å². The fraction of sp³-hybridized carbons (Fsp3) is 0.211. The standard InChI is InChI=1S/C19H16F3N3O3S/c20-19(21,22)18(27)28-17(26)15-8-12-7-13(23)4-5-14(12)25(15)9-10-2-1-3-11(6-10)16(24)29/h1-7,15H,8-9,23H2,(H2,24,29). The van der Waals surface area contributed by atoms with Crippen molar-refractivity contribution in [3.05, 3.63) is 59.2 Å². The van der Waals surface area contributed by atoms with Crippen molar-refractivity contribution in [1.82, 2.24) is 0 Å². The van der Waals surface area contributed by atoms with E-state index in [2.05, 4.69) is 4.74 Å². The fourth-order valence-corrected chi connectivity index (χ4v) is 3.31. The Bertz CT molecular complexity index is 994. The third-order valence-corrected chi connectivity index (χ3v) is 4.70. The summed E-state index contributed by atoms with van der Waals surface area (Å²) in [5, 5.41) is 0. The van der Waals surface area contributed by atoms with Gasteiger partial charge in [0.15, 0.2) is 0 Å². The monoisotopic (exact) mass is 423 g/mol. The molecule has 2 aromatic carbocycles. The van der Waals surface area contributed by atoms with E-state index in [1.165, 1.54) is 0 Å². The van der Waals surface area contributed by atoms with Gasteiger partial charge in [0.1, 0.15) is 11.0 Å². The normalized spacial score (nSPS) is 15.7. The highest BCUT2D eigenvalue weighted by Gasteiger charge is 2.45. The smallest absolute Gasteiger partial charge is 0.399 e. The molecule has 1 aliphatic rings. The average Bonchev–Trinajstić information content (AvgIpc) is 2.98. The lowest BCUT2D eigenvalue weighted by Gasteiger charge is -2.26. The van der Waals surface area contributed by atoms with Crippen molar-refractivity contribution >= 4 is 40.5 Å². The second-order valence-corrected chi connectivity index (χ2v) is 6.95. The Hall–Kier alpha value is -3.14. The number of nitrogen functional groups attached to an aromatic ring is 1. The molecule has 0 saturated carbocycles. The molecule has 29 heavy (non-hydrogen) atoms. The summed E-state index contributed by atoms with van der Waals surface area (Å²) in [6.45, 7) is 0.160. The maximum absolute atomic E-state index is 12.5. The van der Waals surface area contributed by atoms with Crippen LogP contribution in [0.25, 0.3) is 0 Å². The largest absolute Gasteiger partial charge is 0.491 e. The molecule has 0 amide bonds. The number of anilines is 2. The molecule has 3 rings (SSSR count). The number of ether oxygens (including phenoxy) is 1. The summed E-state index contributed by atoms with van der Waals surface area (Å²) in [6, 6.07) is 10.7. The van der Waals surface area contributed by atoms with Crippen LogP contribution in [0.3, 0.4) is 0 Å². The number of nitrogens with zero attached hydrogens (tertiary/aromatic N) is 1. The number of carbonyl (C=O) groups excluding carboxylic acids is 2.